The fourth-order valence-corrected chi connectivity index (χ4v) is 5.23. The molecule has 0 N–H and O–H groups in total. The lowest BCUT2D eigenvalue weighted by Crippen LogP contribution is -2.45. The highest BCUT2D eigenvalue weighted by molar-refractivity contribution is 8.13. The van der Waals surface area contributed by atoms with E-state index in [2.05, 4.69) is 9.80 Å². The molecule has 130 valence electrons. The number of hydrogen-bond donors (Lipinski definition) is 0. The van der Waals surface area contributed by atoms with Crippen LogP contribution in [0.5, 0.6) is 0 Å². The van der Waals surface area contributed by atoms with Crippen molar-refractivity contribution in [3.05, 3.63) is 0 Å². The van der Waals surface area contributed by atoms with Gasteiger partial charge in [0.2, 0.25) is 5.91 Å². The molecule has 1 saturated carbocycles. The van der Waals surface area contributed by atoms with Gasteiger partial charge in [-0.25, -0.2) is 0 Å². The van der Waals surface area contributed by atoms with Crippen LogP contribution in [0.2, 0.25) is 0 Å². The minimum absolute atomic E-state index is 0.162. The van der Waals surface area contributed by atoms with Crippen molar-refractivity contribution < 1.29 is 9.59 Å². The molecule has 0 aromatic rings. The molecule has 3 aliphatic rings. The molecular formula is C18H30N2O2S. The van der Waals surface area contributed by atoms with Crippen molar-refractivity contribution in [2.75, 3.05) is 31.9 Å². The topological polar surface area (TPSA) is 40.6 Å². The highest BCUT2D eigenvalue weighted by Gasteiger charge is 2.33. The van der Waals surface area contributed by atoms with Gasteiger partial charge in [-0.2, -0.15) is 0 Å². The normalized spacial score (nSPS) is 30.3. The lowest BCUT2D eigenvalue weighted by molar-refractivity contribution is -0.128. The van der Waals surface area contributed by atoms with Crippen LogP contribution in [0, 0.1) is 11.8 Å². The third kappa shape index (κ3) is 4.72. The molecule has 0 bridgehead atoms. The molecule has 2 aliphatic heterocycles. The number of thioether (sulfide) groups is 1. The molecule has 3 rings (SSSR count). The van der Waals surface area contributed by atoms with Crippen molar-refractivity contribution in [3.8, 4) is 0 Å². The molecular weight excluding hydrogens is 308 g/mol. The van der Waals surface area contributed by atoms with Gasteiger partial charge in [-0.15, -0.1) is 0 Å². The molecule has 4 nitrogen and oxygen atoms in total. The first kappa shape index (κ1) is 17.3. The monoisotopic (exact) mass is 338 g/mol. The molecule has 2 atom stereocenters. The SMILES string of the molecule is CC(=O)SCC1CC(=O)N(CC2CCCN(C3CCCC3)C2)C1. The fraction of sp³-hybridized carbons (Fsp3) is 0.889. The lowest BCUT2D eigenvalue weighted by Gasteiger charge is -2.38. The Labute approximate surface area is 144 Å². The Kier molecular flexibility index (Phi) is 6.02. The average Bonchev–Trinajstić information content (AvgIpc) is 3.16. The van der Waals surface area contributed by atoms with E-state index >= 15 is 0 Å². The Hall–Kier alpha value is -0.550. The van der Waals surface area contributed by atoms with E-state index in [-0.39, 0.29) is 5.12 Å². The average molecular weight is 339 g/mol. The van der Waals surface area contributed by atoms with E-state index in [1.54, 1.807) is 6.92 Å². The Morgan fingerprint density at radius 2 is 1.91 bits per heavy atom. The van der Waals surface area contributed by atoms with Crippen molar-refractivity contribution in [1.29, 1.82) is 0 Å². The maximum atomic E-state index is 12.3. The standard InChI is InChI=1S/C18H30N2O2S/c1-14(21)23-13-16-9-18(22)20(12-16)11-15-5-4-8-19(10-15)17-6-2-3-7-17/h15-17H,2-13H2,1H3. The third-order valence-electron chi connectivity index (χ3n) is 5.69. The highest BCUT2D eigenvalue weighted by Crippen LogP contribution is 2.29. The number of hydrogen-bond acceptors (Lipinski definition) is 4. The van der Waals surface area contributed by atoms with E-state index in [1.807, 2.05) is 0 Å². The van der Waals surface area contributed by atoms with Gasteiger partial charge in [0.15, 0.2) is 5.12 Å². The molecule has 1 aliphatic carbocycles. The van der Waals surface area contributed by atoms with Crippen LogP contribution in [-0.2, 0) is 9.59 Å². The van der Waals surface area contributed by atoms with Crippen molar-refractivity contribution >= 4 is 22.8 Å². The molecule has 2 saturated heterocycles. The summed E-state index contributed by atoms with van der Waals surface area (Å²) in [7, 11) is 0. The third-order valence-corrected chi connectivity index (χ3v) is 6.73. The lowest BCUT2D eigenvalue weighted by atomic mass is 9.95. The number of rotatable bonds is 5. The predicted octanol–water partition coefficient (Wildman–Crippen LogP) is 2.77. The summed E-state index contributed by atoms with van der Waals surface area (Å²) in [4.78, 5) is 28.1. The second-order valence-corrected chi connectivity index (χ2v) is 8.81. The van der Waals surface area contributed by atoms with Gasteiger partial charge in [0.25, 0.3) is 0 Å². The van der Waals surface area contributed by atoms with E-state index in [0.29, 0.717) is 24.2 Å². The van der Waals surface area contributed by atoms with Crippen molar-refractivity contribution in [1.82, 2.24) is 9.80 Å². The number of nitrogens with zero attached hydrogens (tertiary/aromatic N) is 2. The molecule has 0 radical (unpaired) electrons. The van der Waals surface area contributed by atoms with Crippen LogP contribution in [0.3, 0.4) is 0 Å². The van der Waals surface area contributed by atoms with Gasteiger partial charge in [-0.1, -0.05) is 24.6 Å². The summed E-state index contributed by atoms with van der Waals surface area (Å²) in [6.45, 7) is 5.84. The number of likely N-dealkylation sites (tertiary alicyclic amines) is 2. The van der Waals surface area contributed by atoms with Crippen LogP contribution in [0.25, 0.3) is 0 Å². The zero-order valence-corrected chi connectivity index (χ0v) is 15.2. The number of amides is 1. The van der Waals surface area contributed by atoms with Crippen LogP contribution < -0.4 is 0 Å². The Morgan fingerprint density at radius 1 is 1.13 bits per heavy atom. The van der Waals surface area contributed by atoms with Gasteiger partial charge < -0.3 is 9.80 Å². The van der Waals surface area contributed by atoms with Gasteiger partial charge in [0.1, 0.15) is 0 Å². The second kappa shape index (κ2) is 8.02. The number of carbonyl (C=O) groups excluding carboxylic acids is 2. The Bertz CT molecular complexity index is 437. The summed E-state index contributed by atoms with van der Waals surface area (Å²) in [6, 6.07) is 0.812. The molecule has 23 heavy (non-hydrogen) atoms. The quantitative estimate of drug-likeness (QED) is 0.773. The van der Waals surface area contributed by atoms with E-state index in [9.17, 15) is 9.59 Å². The minimum Gasteiger partial charge on any atom is -0.342 e. The first-order valence-corrected chi connectivity index (χ1v) is 10.3. The fourth-order valence-electron chi connectivity index (χ4n) is 4.54. The highest BCUT2D eigenvalue weighted by atomic mass is 32.2. The van der Waals surface area contributed by atoms with Crippen LogP contribution in [-0.4, -0.2) is 58.8 Å². The van der Waals surface area contributed by atoms with Crippen LogP contribution in [0.4, 0.5) is 0 Å². The summed E-state index contributed by atoms with van der Waals surface area (Å²) in [6.07, 6.45) is 8.73. The summed E-state index contributed by atoms with van der Waals surface area (Å²) in [5.74, 6) is 2.12. The van der Waals surface area contributed by atoms with Crippen LogP contribution >= 0.6 is 11.8 Å². The molecule has 0 aromatic carbocycles. The van der Waals surface area contributed by atoms with E-state index < -0.39 is 0 Å². The van der Waals surface area contributed by atoms with E-state index in [1.165, 1.54) is 63.4 Å². The van der Waals surface area contributed by atoms with Gasteiger partial charge >= 0.3 is 0 Å². The van der Waals surface area contributed by atoms with Crippen molar-refractivity contribution in [2.45, 2.75) is 57.9 Å². The second-order valence-electron chi connectivity index (χ2n) is 7.61. The van der Waals surface area contributed by atoms with Gasteiger partial charge in [-0.05, 0) is 44.1 Å². The van der Waals surface area contributed by atoms with Crippen molar-refractivity contribution in [3.63, 3.8) is 0 Å². The first-order chi connectivity index (χ1) is 11.1. The largest absolute Gasteiger partial charge is 0.342 e. The summed E-state index contributed by atoms with van der Waals surface area (Å²) in [5.41, 5.74) is 0. The number of piperidine rings is 1. The Balaban J connectivity index is 1.46. The summed E-state index contributed by atoms with van der Waals surface area (Å²) >= 11 is 1.37. The summed E-state index contributed by atoms with van der Waals surface area (Å²) in [5, 5.41) is 0.162. The van der Waals surface area contributed by atoms with Crippen molar-refractivity contribution in [2.24, 2.45) is 11.8 Å². The van der Waals surface area contributed by atoms with E-state index in [0.717, 1.165) is 24.9 Å². The van der Waals surface area contributed by atoms with Gasteiger partial charge in [0, 0.05) is 44.8 Å². The van der Waals surface area contributed by atoms with Crippen LogP contribution in [0.1, 0.15) is 51.9 Å². The molecule has 2 unspecified atom stereocenters. The number of carbonyl (C=O) groups is 2. The first-order valence-electron chi connectivity index (χ1n) is 9.27. The molecule has 5 heteroatoms. The molecule has 2 heterocycles. The van der Waals surface area contributed by atoms with Crippen LogP contribution in [0.15, 0.2) is 0 Å². The summed E-state index contributed by atoms with van der Waals surface area (Å²) < 4.78 is 0. The molecule has 0 spiro atoms. The molecule has 3 fully saturated rings. The smallest absolute Gasteiger partial charge is 0.222 e. The zero-order valence-electron chi connectivity index (χ0n) is 14.3. The predicted molar refractivity (Wildman–Crippen MR) is 94.4 cm³/mol. The maximum absolute atomic E-state index is 12.3. The molecule has 1 amide bonds. The molecule has 0 aromatic heterocycles. The zero-order chi connectivity index (χ0) is 16.2. The Morgan fingerprint density at radius 3 is 2.65 bits per heavy atom. The minimum atomic E-state index is 0.162. The van der Waals surface area contributed by atoms with Gasteiger partial charge in [0.05, 0.1) is 0 Å². The maximum Gasteiger partial charge on any atom is 0.222 e. The van der Waals surface area contributed by atoms with Gasteiger partial charge in [-0.3, -0.25) is 9.59 Å². The van der Waals surface area contributed by atoms with E-state index in [4.69, 9.17) is 0 Å².